The van der Waals surface area contributed by atoms with E-state index in [4.69, 9.17) is 5.73 Å². The van der Waals surface area contributed by atoms with Crippen molar-refractivity contribution >= 4 is 11.6 Å². The topological polar surface area (TPSA) is 67.1 Å². The van der Waals surface area contributed by atoms with Gasteiger partial charge in [-0.05, 0) is 27.1 Å². The number of rotatable bonds is 5. The second-order valence-corrected chi connectivity index (χ2v) is 3.41. The predicted molar refractivity (Wildman–Crippen MR) is 58.1 cm³/mol. The number of hydrogen-bond acceptors (Lipinski definition) is 5. The lowest BCUT2D eigenvalue weighted by molar-refractivity contribution is 0.405. The zero-order valence-electron chi connectivity index (χ0n) is 8.70. The molecule has 0 saturated carbocycles. The maximum atomic E-state index is 5.51. The van der Waals surface area contributed by atoms with Crippen LogP contribution in [0.3, 0.4) is 0 Å². The average molecular weight is 195 g/mol. The van der Waals surface area contributed by atoms with E-state index in [0.29, 0.717) is 5.82 Å². The Kier molecular flexibility index (Phi) is 4.12. The third-order valence-electron chi connectivity index (χ3n) is 1.78. The standard InChI is InChI=1S/C9H17N5/c1-14(2)5-3-4-11-9-6-8(10)12-7-13-9/h6-7H,3-5H2,1-2H3,(H3,10,11,12,13). The summed E-state index contributed by atoms with van der Waals surface area (Å²) in [6, 6.07) is 1.73. The van der Waals surface area contributed by atoms with Crippen molar-refractivity contribution in [3.8, 4) is 0 Å². The number of nitrogen functional groups attached to an aromatic ring is 1. The zero-order chi connectivity index (χ0) is 10.4. The third kappa shape index (κ3) is 4.04. The van der Waals surface area contributed by atoms with Crippen LogP contribution in [0.1, 0.15) is 6.42 Å². The first-order valence-electron chi connectivity index (χ1n) is 4.64. The minimum absolute atomic E-state index is 0.495. The Morgan fingerprint density at radius 2 is 2.21 bits per heavy atom. The molecule has 0 amide bonds. The highest BCUT2D eigenvalue weighted by Gasteiger charge is 1.94. The minimum Gasteiger partial charge on any atom is -0.384 e. The molecule has 5 nitrogen and oxygen atoms in total. The molecular weight excluding hydrogens is 178 g/mol. The summed E-state index contributed by atoms with van der Waals surface area (Å²) in [5, 5.41) is 3.18. The monoisotopic (exact) mass is 195 g/mol. The van der Waals surface area contributed by atoms with Gasteiger partial charge in [-0.3, -0.25) is 0 Å². The molecule has 0 aliphatic rings. The first-order valence-corrected chi connectivity index (χ1v) is 4.64. The Morgan fingerprint density at radius 3 is 2.86 bits per heavy atom. The molecule has 0 aliphatic carbocycles. The van der Waals surface area contributed by atoms with E-state index in [1.165, 1.54) is 6.33 Å². The summed E-state index contributed by atoms with van der Waals surface area (Å²) >= 11 is 0. The maximum Gasteiger partial charge on any atom is 0.131 e. The molecule has 5 heteroatoms. The van der Waals surface area contributed by atoms with Crippen molar-refractivity contribution < 1.29 is 0 Å². The van der Waals surface area contributed by atoms with Crippen molar-refractivity contribution in [3.05, 3.63) is 12.4 Å². The van der Waals surface area contributed by atoms with E-state index in [1.807, 2.05) is 0 Å². The summed E-state index contributed by atoms with van der Waals surface area (Å²) < 4.78 is 0. The molecule has 1 aromatic rings. The second-order valence-electron chi connectivity index (χ2n) is 3.41. The molecule has 0 radical (unpaired) electrons. The van der Waals surface area contributed by atoms with Gasteiger partial charge in [0, 0.05) is 12.6 Å². The molecular formula is C9H17N5. The van der Waals surface area contributed by atoms with Crippen LogP contribution < -0.4 is 11.1 Å². The van der Waals surface area contributed by atoms with Crippen molar-refractivity contribution in [2.24, 2.45) is 0 Å². The van der Waals surface area contributed by atoms with Gasteiger partial charge in [-0.1, -0.05) is 0 Å². The molecule has 3 N–H and O–H groups in total. The van der Waals surface area contributed by atoms with Gasteiger partial charge >= 0.3 is 0 Å². The molecule has 0 fully saturated rings. The van der Waals surface area contributed by atoms with Gasteiger partial charge in [0.1, 0.15) is 18.0 Å². The molecule has 0 spiro atoms. The molecule has 0 aromatic carbocycles. The summed E-state index contributed by atoms with van der Waals surface area (Å²) in [7, 11) is 4.12. The minimum atomic E-state index is 0.495. The van der Waals surface area contributed by atoms with E-state index in [2.05, 4.69) is 34.3 Å². The lowest BCUT2D eigenvalue weighted by Crippen LogP contribution is -2.16. The molecule has 0 aliphatic heterocycles. The van der Waals surface area contributed by atoms with Crippen molar-refractivity contribution in [3.63, 3.8) is 0 Å². The normalized spacial score (nSPS) is 10.5. The molecule has 0 bridgehead atoms. The predicted octanol–water partition coefficient (Wildman–Crippen LogP) is 0.422. The van der Waals surface area contributed by atoms with Crippen LogP contribution in [0.25, 0.3) is 0 Å². The smallest absolute Gasteiger partial charge is 0.131 e. The third-order valence-corrected chi connectivity index (χ3v) is 1.78. The molecule has 1 aromatic heterocycles. The highest BCUT2D eigenvalue weighted by atomic mass is 15.1. The van der Waals surface area contributed by atoms with Crippen LogP contribution in [0.4, 0.5) is 11.6 Å². The van der Waals surface area contributed by atoms with Crippen molar-refractivity contribution in [1.82, 2.24) is 14.9 Å². The van der Waals surface area contributed by atoms with Crippen LogP contribution in [0.5, 0.6) is 0 Å². The van der Waals surface area contributed by atoms with E-state index in [0.717, 1.165) is 25.3 Å². The Morgan fingerprint density at radius 1 is 1.43 bits per heavy atom. The highest BCUT2D eigenvalue weighted by molar-refractivity contribution is 5.42. The summed E-state index contributed by atoms with van der Waals surface area (Å²) in [5.74, 6) is 1.28. The van der Waals surface area contributed by atoms with Crippen LogP contribution in [-0.4, -0.2) is 42.1 Å². The number of nitrogens with zero attached hydrogens (tertiary/aromatic N) is 3. The Bertz CT molecular complexity index is 274. The van der Waals surface area contributed by atoms with Gasteiger partial charge < -0.3 is 16.0 Å². The van der Waals surface area contributed by atoms with Gasteiger partial charge in [0.15, 0.2) is 0 Å². The molecule has 14 heavy (non-hydrogen) atoms. The largest absolute Gasteiger partial charge is 0.384 e. The molecule has 0 atom stereocenters. The number of anilines is 2. The average Bonchev–Trinajstić information content (AvgIpc) is 2.12. The molecule has 78 valence electrons. The van der Waals surface area contributed by atoms with Gasteiger partial charge in [-0.2, -0.15) is 0 Å². The number of aromatic nitrogens is 2. The summed E-state index contributed by atoms with van der Waals surface area (Å²) in [6.45, 7) is 1.96. The van der Waals surface area contributed by atoms with Crippen LogP contribution in [0.2, 0.25) is 0 Å². The van der Waals surface area contributed by atoms with E-state index in [-0.39, 0.29) is 0 Å². The summed E-state index contributed by atoms with van der Waals surface area (Å²) in [6.07, 6.45) is 2.54. The Balaban J connectivity index is 2.25. The molecule has 0 unspecified atom stereocenters. The quantitative estimate of drug-likeness (QED) is 0.667. The van der Waals surface area contributed by atoms with Crippen LogP contribution in [-0.2, 0) is 0 Å². The SMILES string of the molecule is CN(C)CCCNc1cc(N)ncn1. The van der Waals surface area contributed by atoms with Crippen molar-refractivity contribution in [1.29, 1.82) is 0 Å². The Labute approximate surface area is 84.3 Å². The number of nitrogens with one attached hydrogen (secondary N) is 1. The molecule has 1 heterocycles. The van der Waals surface area contributed by atoms with Gasteiger partial charge in [0.2, 0.25) is 0 Å². The Hall–Kier alpha value is -1.36. The van der Waals surface area contributed by atoms with E-state index in [1.54, 1.807) is 6.07 Å². The lowest BCUT2D eigenvalue weighted by Gasteiger charge is -2.09. The van der Waals surface area contributed by atoms with E-state index in [9.17, 15) is 0 Å². The fourth-order valence-corrected chi connectivity index (χ4v) is 1.08. The molecule has 0 saturated heterocycles. The first kappa shape index (κ1) is 10.7. The highest BCUT2D eigenvalue weighted by Crippen LogP contribution is 2.04. The van der Waals surface area contributed by atoms with E-state index < -0.39 is 0 Å². The fourth-order valence-electron chi connectivity index (χ4n) is 1.08. The van der Waals surface area contributed by atoms with Gasteiger partial charge in [-0.15, -0.1) is 0 Å². The van der Waals surface area contributed by atoms with Gasteiger partial charge in [0.25, 0.3) is 0 Å². The van der Waals surface area contributed by atoms with Gasteiger partial charge in [-0.25, -0.2) is 9.97 Å². The maximum absolute atomic E-state index is 5.51. The number of nitrogens with two attached hydrogens (primary N) is 1. The van der Waals surface area contributed by atoms with Crippen LogP contribution in [0, 0.1) is 0 Å². The number of hydrogen-bond donors (Lipinski definition) is 2. The van der Waals surface area contributed by atoms with Crippen molar-refractivity contribution in [2.45, 2.75) is 6.42 Å². The van der Waals surface area contributed by atoms with Crippen LogP contribution >= 0.6 is 0 Å². The lowest BCUT2D eigenvalue weighted by atomic mass is 10.4. The summed E-state index contributed by atoms with van der Waals surface area (Å²) in [4.78, 5) is 10.0. The zero-order valence-corrected chi connectivity index (χ0v) is 8.70. The van der Waals surface area contributed by atoms with Crippen molar-refractivity contribution in [2.75, 3.05) is 38.2 Å². The van der Waals surface area contributed by atoms with Crippen LogP contribution in [0.15, 0.2) is 12.4 Å². The first-order chi connectivity index (χ1) is 6.68. The fraction of sp³-hybridized carbons (Fsp3) is 0.556. The summed E-state index contributed by atoms with van der Waals surface area (Å²) in [5.41, 5.74) is 5.51. The van der Waals surface area contributed by atoms with Gasteiger partial charge in [0.05, 0.1) is 0 Å². The van der Waals surface area contributed by atoms with E-state index >= 15 is 0 Å². The second kappa shape index (κ2) is 5.39. The molecule has 1 rings (SSSR count).